The van der Waals surface area contributed by atoms with Gasteiger partial charge < -0.3 is 4.57 Å². The Bertz CT molecular complexity index is 1320. The maximum atomic E-state index is 13.4. The molecule has 1 unspecified atom stereocenters. The van der Waals surface area contributed by atoms with Crippen molar-refractivity contribution in [1.29, 1.82) is 10.5 Å². The number of carbonyl (C=O) groups is 1. The van der Waals surface area contributed by atoms with Crippen LogP contribution in [0.25, 0.3) is 22.2 Å². The van der Waals surface area contributed by atoms with Gasteiger partial charge in [0.25, 0.3) is 0 Å². The van der Waals surface area contributed by atoms with E-state index in [1.165, 1.54) is 0 Å². The number of aryl methyl sites for hydroxylation is 1. The maximum Gasteiger partial charge on any atom is 0.188 e. The van der Waals surface area contributed by atoms with E-state index in [9.17, 15) is 15.3 Å². The fraction of sp³-hybridized carbons (Fsp3) is 0.0833. The van der Waals surface area contributed by atoms with Crippen molar-refractivity contribution in [3.05, 3.63) is 89.7 Å². The molecule has 0 fully saturated rings. The molecule has 4 aromatic rings. The number of carbonyl (C=O) groups excluding carboxylic acids is 1. The highest BCUT2D eigenvalue weighted by Crippen LogP contribution is 2.31. The largest absolute Gasteiger partial charge is 0.330 e. The first-order valence-corrected chi connectivity index (χ1v) is 9.09. The minimum absolute atomic E-state index is 0.339. The Labute approximate surface area is 168 Å². The highest BCUT2D eigenvalue weighted by Gasteiger charge is 2.29. The predicted octanol–water partition coefficient (Wildman–Crippen LogP) is 4.60. The van der Waals surface area contributed by atoms with Crippen molar-refractivity contribution >= 4 is 16.8 Å². The summed E-state index contributed by atoms with van der Waals surface area (Å²) in [5, 5.41) is 19.3. The van der Waals surface area contributed by atoms with Gasteiger partial charge in [-0.15, -0.1) is 0 Å². The summed E-state index contributed by atoms with van der Waals surface area (Å²) in [6.45, 7) is 0. The summed E-state index contributed by atoms with van der Waals surface area (Å²) < 4.78 is 1.78. The van der Waals surface area contributed by atoms with Crippen LogP contribution in [0.3, 0.4) is 0 Å². The third kappa shape index (κ3) is 3.05. The van der Waals surface area contributed by atoms with Crippen LogP contribution in [0.2, 0.25) is 0 Å². The molecule has 4 rings (SSSR count). The van der Waals surface area contributed by atoms with Crippen molar-refractivity contribution in [2.45, 2.75) is 5.92 Å². The number of rotatable bonds is 4. The smallest absolute Gasteiger partial charge is 0.188 e. The van der Waals surface area contributed by atoms with Crippen LogP contribution in [0.4, 0.5) is 0 Å². The zero-order chi connectivity index (χ0) is 20.4. The number of imidazole rings is 1. The van der Waals surface area contributed by atoms with Gasteiger partial charge in [-0.3, -0.25) is 4.79 Å². The molecule has 1 heterocycles. The first kappa shape index (κ1) is 18.2. The predicted molar refractivity (Wildman–Crippen MR) is 110 cm³/mol. The van der Waals surface area contributed by atoms with Crippen LogP contribution in [0.5, 0.6) is 0 Å². The molecule has 0 spiro atoms. The molecular formula is C24H16N4O. The highest BCUT2D eigenvalue weighted by atomic mass is 16.1. The van der Waals surface area contributed by atoms with Gasteiger partial charge in [-0.05, 0) is 23.8 Å². The average Bonchev–Trinajstić information content (AvgIpc) is 3.10. The summed E-state index contributed by atoms with van der Waals surface area (Å²) in [6, 6.07) is 26.0. The lowest BCUT2D eigenvalue weighted by Crippen LogP contribution is -2.16. The lowest BCUT2D eigenvalue weighted by Gasteiger charge is -2.13. The van der Waals surface area contributed by atoms with Crippen LogP contribution in [0, 0.1) is 22.7 Å². The molecule has 0 N–H and O–H groups in total. The summed E-state index contributed by atoms with van der Waals surface area (Å²) >= 11 is 0. The number of nitrogens with zero attached hydrogens (tertiary/aromatic N) is 4. The molecule has 0 saturated carbocycles. The monoisotopic (exact) mass is 376 g/mol. The Morgan fingerprint density at radius 2 is 1.59 bits per heavy atom. The fourth-order valence-electron chi connectivity index (χ4n) is 3.56. The van der Waals surface area contributed by atoms with Gasteiger partial charge in [-0.1, -0.05) is 54.6 Å². The van der Waals surface area contributed by atoms with Crippen molar-refractivity contribution < 1.29 is 4.79 Å². The van der Waals surface area contributed by atoms with Gasteiger partial charge in [0.2, 0.25) is 0 Å². The zero-order valence-corrected chi connectivity index (χ0v) is 15.7. The van der Waals surface area contributed by atoms with E-state index in [4.69, 9.17) is 0 Å². The second kappa shape index (κ2) is 7.42. The SMILES string of the molecule is Cn1c(C(C#N)C(=O)c2ccccc2-c2ccccc2C#N)nc2ccccc21. The second-order valence-corrected chi connectivity index (χ2v) is 6.65. The van der Waals surface area contributed by atoms with Gasteiger partial charge in [0, 0.05) is 18.2 Å². The minimum Gasteiger partial charge on any atom is -0.330 e. The summed E-state index contributed by atoms with van der Waals surface area (Å²) in [5.41, 5.74) is 3.77. The normalized spacial score (nSPS) is 11.6. The van der Waals surface area contributed by atoms with E-state index in [0.717, 1.165) is 11.0 Å². The molecule has 1 atom stereocenters. The van der Waals surface area contributed by atoms with Gasteiger partial charge in [-0.2, -0.15) is 10.5 Å². The lowest BCUT2D eigenvalue weighted by molar-refractivity contribution is 0.0976. The number of nitriles is 2. The Kier molecular flexibility index (Phi) is 4.65. The number of Topliss-reactive ketones (excluding diaryl/α,β-unsaturated/α-hetero) is 1. The molecule has 0 radical (unpaired) electrons. The molecule has 5 heteroatoms. The number of hydrogen-bond acceptors (Lipinski definition) is 4. The summed E-state index contributed by atoms with van der Waals surface area (Å²) in [6.07, 6.45) is 0. The molecule has 0 saturated heterocycles. The molecule has 0 aliphatic heterocycles. The van der Waals surface area contributed by atoms with Crippen LogP contribution >= 0.6 is 0 Å². The third-order valence-corrected chi connectivity index (χ3v) is 5.00. The first-order valence-electron chi connectivity index (χ1n) is 9.09. The molecule has 3 aromatic carbocycles. The van der Waals surface area contributed by atoms with Gasteiger partial charge in [0.1, 0.15) is 5.82 Å². The van der Waals surface area contributed by atoms with Gasteiger partial charge >= 0.3 is 0 Å². The molecule has 0 aliphatic carbocycles. The van der Waals surface area contributed by atoms with Gasteiger partial charge in [0.05, 0.1) is 28.7 Å². The van der Waals surface area contributed by atoms with E-state index >= 15 is 0 Å². The molecule has 29 heavy (non-hydrogen) atoms. The van der Waals surface area contributed by atoms with Crippen LogP contribution in [-0.2, 0) is 7.05 Å². The molecule has 1 aromatic heterocycles. The summed E-state index contributed by atoms with van der Waals surface area (Å²) in [5.74, 6) is -0.987. The molecule has 138 valence electrons. The molecular weight excluding hydrogens is 360 g/mol. The summed E-state index contributed by atoms with van der Waals surface area (Å²) in [4.78, 5) is 18.0. The number of ketones is 1. The molecule has 5 nitrogen and oxygen atoms in total. The molecule has 0 bridgehead atoms. The number of benzene rings is 3. The van der Waals surface area contributed by atoms with Crippen LogP contribution < -0.4 is 0 Å². The second-order valence-electron chi connectivity index (χ2n) is 6.65. The van der Waals surface area contributed by atoms with E-state index < -0.39 is 5.92 Å². The standard InChI is InChI=1S/C24H16N4O/c1-28-22-13-7-6-12-21(22)27-24(28)20(15-26)23(29)19-11-5-4-10-18(19)17-9-3-2-8-16(17)14-25/h2-13,20H,1H3. The lowest BCUT2D eigenvalue weighted by atomic mass is 9.89. The number of aromatic nitrogens is 2. The highest BCUT2D eigenvalue weighted by molar-refractivity contribution is 6.07. The average molecular weight is 376 g/mol. The molecule has 0 amide bonds. The van der Waals surface area contributed by atoms with Crippen molar-refractivity contribution in [2.24, 2.45) is 7.05 Å². The Morgan fingerprint density at radius 3 is 2.31 bits per heavy atom. The first-order chi connectivity index (χ1) is 14.2. The Morgan fingerprint density at radius 1 is 0.931 bits per heavy atom. The number of para-hydroxylation sites is 2. The topological polar surface area (TPSA) is 82.5 Å². The third-order valence-electron chi connectivity index (χ3n) is 5.00. The van der Waals surface area contributed by atoms with E-state index in [0.29, 0.717) is 28.1 Å². The zero-order valence-electron chi connectivity index (χ0n) is 15.7. The Balaban J connectivity index is 1.85. The van der Waals surface area contributed by atoms with E-state index in [1.807, 2.05) is 36.4 Å². The van der Waals surface area contributed by atoms with Crippen LogP contribution in [0.15, 0.2) is 72.8 Å². The van der Waals surface area contributed by atoms with Crippen molar-refractivity contribution in [2.75, 3.05) is 0 Å². The Hall–Kier alpha value is -4.22. The van der Waals surface area contributed by atoms with Crippen LogP contribution in [0.1, 0.15) is 27.7 Å². The number of hydrogen-bond donors (Lipinski definition) is 0. The van der Waals surface area contributed by atoms with E-state index in [-0.39, 0.29) is 5.78 Å². The fourth-order valence-corrected chi connectivity index (χ4v) is 3.56. The van der Waals surface area contributed by atoms with Crippen molar-refractivity contribution in [1.82, 2.24) is 9.55 Å². The van der Waals surface area contributed by atoms with E-state index in [2.05, 4.69) is 17.1 Å². The van der Waals surface area contributed by atoms with Crippen LogP contribution in [-0.4, -0.2) is 15.3 Å². The summed E-state index contributed by atoms with van der Waals surface area (Å²) in [7, 11) is 1.80. The quantitative estimate of drug-likeness (QED) is 0.487. The minimum atomic E-state index is -1.05. The maximum absolute atomic E-state index is 13.4. The van der Waals surface area contributed by atoms with E-state index in [1.54, 1.807) is 48.0 Å². The van der Waals surface area contributed by atoms with Crippen molar-refractivity contribution in [3.8, 4) is 23.3 Å². The number of fused-ring (bicyclic) bond motifs is 1. The van der Waals surface area contributed by atoms with Gasteiger partial charge in [-0.25, -0.2) is 4.98 Å². The molecule has 0 aliphatic rings. The van der Waals surface area contributed by atoms with Crippen molar-refractivity contribution in [3.63, 3.8) is 0 Å². The van der Waals surface area contributed by atoms with Gasteiger partial charge in [0.15, 0.2) is 11.7 Å².